The molecule has 0 unspecified atom stereocenters. The van der Waals surface area contributed by atoms with Crippen LogP contribution in [0.3, 0.4) is 0 Å². The van der Waals surface area contributed by atoms with Crippen LogP contribution in [0.5, 0.6) is 0 Å². The van der Waals surface area contributed by atoms with Gasteiger partial charge in [-0.05, 0) is 49.4 Å². The summed E-state index contributed by atoms with van der Waals surface area (Å²) in [6.07, 6.45) is 3.34. The van der Waals surface area contributed by atoms with Gasteiger partial charge in [-0.3, -0.25) is 14.8 Å². The number of fused-ring (bicyclic) bond motifs is 1. The van der Waals surface area contributed by atoms with Crippen LogP contribution < -0.4 is 5.32 Å². The Morgan fingerprint density at radius 3 is 2.86 bits per heavy atom. The van der Waals surface area contributed by atoms with Crippen molar-refractivity contribution in [1.82, 2.24) is 10.4 Å². The van der Waals surface area contributed by atoms with Crippen LogP contribution >= 0.6 is 0 Å². The third kappa shape index (κ3) is 2.53. The predicted octanol–water partition coefficient (Wildman–Crippen LogP) is 1.53. The lowest BCUT2D eigenvalue weighted by Gasteiger charge is -2.33. The van der Waals surface area contributed by atoms with Crippen molar-refractivity contribution in [3.63, 3.8) is 0 Å². The smallest absolute Gasteiger partial charge is 0.277 e. The van der Waals surface area contributed by atoms with Gasteiger partial charge in [0.15, 0.2) is 0 Å². The van der Waals surface area contributed by atoms with Crippen molar-refractivity contribution >= 4 is 11.8 Å². The van der Waals surface area contributed by atoms with Crippen molar-refractivity contribution in [3.05, 3.63) is 34.9 Å². The lowest BCUT2D eigenvalue weighted by molar-refractivity contribution is -0.119. The number of carbonyl (C=O) groups excluding carboxylic acids is 2. The molecule has 0 aromatic heterocycles. The summed E-state index contributed by atoms with van der Waals surface area (Å²) in [5.41, 5.74) is 2.90. The minimum atomic E-state index is -0.374. The Morgan fingerprint density at radius 2 is 2.19 bits per heavy atom. The zero-order chi connectivity index (χ0) is 15.0. The Morgan fingerprint density at radius 1 is 1.38 bits per heavy atom. The second-order valence-corrected chi connectivity index (χ2v) is 6.13. The molecule has 5 heteroatoms. The average Bonchev–Trinajstić information content (AvgIpc) is 2.85. The van der Waals surface area contributed by atoms with Crippen LogP contribution in [-0.2, 0) is 17.6 Å². The van der Waals surface area contributed by atoms with Gasteiger partial charge in [-0.15, -0.1) is 0 Å². The standard InChI is InChI=1S/C16H20N2O3/c1-2-18(21)15(20)12-4-3-11-5-6-16(8-13(11)7-12)9-14(19)17-10-16/h3-4,7,21H,2,5-6,8-10H2,1H3,(H,17,19)/t16-/m0/s1. The van der Waals surface area contributed by atoms with E-state index in [-0.39, 0.29) is 23.8 Å². The van der Waals surface area contributed by atoms with E-state index in [4.69, 9.17) is 0 Å². The molecular formula is C16H20N2O3. The number of nitrogens with zero attached hydrogens (tertiary/aromatic N) is 1. The van der Waals surface area contributed by atoms with Crippen molar-refractivity contribution in [2.75, 3.05) is 13.1 Å². The van der Waals surface area contributed by atoms with Crippen molar-refractivity contribution < 1.29 is 14.8 Å². The number of amides is 2. The van der Waals surface area contributed by atoms with E-state index >= 15 is 0 Å². The quantitative estimate of drug-likeness (QED) is 0.640. The fourth-order valence-corrected chi connectivity index (χ4v) is 3.41. The maximum atomic E-state index is 12.0. The van der Waals surface area contributed by atoms with Crippen LogP contribution in [0, 0.1) is 5.41 Å². The second kappa shape index (κ2) is 5.15. The highest BCUT2D eigenvalue weighted by Gasteiger charge is 2.40. The van der Waals surface area contributed by atoms with Crippen molar-refractivity contribution in [2.24, 2.45) is 5.41 Å². The molecule has 1 saturated heterocycles. The van der Waals surface area contributed by atoms with Gasteiger partial charge in [-0.2, -0.15) is 0 Å². The van der Waals surface area contributed by atoms with Gasteiger partial charge in [0.2, 0.25) is 5.91 Å². The number of rotatable bonds is 2. The van der Waals surface area contributed by atoms with E-state index in [0.717, 1.165) is 36.4 Å². The molecule has 5 nitrogen and oxygen atoms in total. The highest BCUT2D eigenvalue weighted by Crippen LogP contribution is 2.40. The van der Waals surface area contributed by atoms with Crippen molar-refractivity contribution in [1.29, 1.82) is 0 Å². The zero-order valence-corrected chi connectivity index (χ0v) is 12.2. The molecule has 2 N–H and O–H groups in total. The number of hydroxylamine groups is 2. The van der Waals surface area contributed by atoms with Crippen LogP contribution in [0.15, 0.2) is 18.2 Å². The largest absolute Gasteiger partial charge is 0.356 e. The Kier molecular flexibility index (Phi) is 3.45. The number of aryl methyl sites for hydroxylation is 1. The molecule has 112 valence electrons. The Balaban J connectivity index is 1.87. The summed E-state index contributed by atoms with van der Waals surface area (Å²) in [6, 6.07) is 5.62. The number of benzene rings is 1. The normalized spacial score (nSPS) is 23.8. The minimum absolute atomic E-state index is 0.00934. The molecule has 1 aliphatic carbocycles. The predicted molar refractivity (Wildman–Crippen MR) is 77.0 cm³/mol. The Hall–Kier alpha value is -1.88. The molecule has 1 fully saturated rings. The first-order valence-corrected chi connectivity index (χ1v) is 7.42. The van der Waals surface area contributed by atoms with E-state index in [2.05, 4.69) is 5.32 Å². The molecule has 0 saturated carbocycles. The maximum Gasteiger partial charge on any atom is 0.277 e. The van der Waals surface area contributed by atoms with Crippen LogP contribution in [0.25, 0.3) is 0 Å². The van der Waals surface area contributed by atoms with Gasteiger partial charge in [-0.25, -0.2) is 5.06 Å². The third-order valence-electron chi connectivity index (χ3n) is 4.67. The van der Waals surface area contributed by atoms with E-state index in [9.17, 15) is 14.8 Å². The lowest BCUT2D eigenvalue weighted by atomic mass is 9.71. The van der Waals surface area contributed by atoms with Gasteiger partial charge < -0.3 is 5.32 Å². The van der Waals surface area contributed by atoms with Gasteiger partial charge >= 0.3 is 0 Å². The molecule has 1 spiro atoms. The molecule has 3 rings (SSSR count). The fraction of sp³-hybridized carbons (Fsp3) is 0.500. The van der Waals surface area contributed by atoms with Crippen LogP contribution in [0.1, 0.15) is 41.3 Å². The van der Waals surface area contributed by atoms with Crippen LogP contribution in [0.2, 0.25) is 0 Å². The monoisotopic (exact) mass is 288 g/mol. The SMILES string of the molecule is CCN(O)C(=O)c1ccc2c(c1)C[C@]1(CC2)CNC(=O)C1. The Labute approximate surface area is 123 Å². The topological polar surface area (TPSA) is 69.6 Å². The molecule has 1 atom stereocenters. The van der Waals surface area contributed by atoms with Gasteiger partial charge in [0.25, 0.3) is 5.91 Å². The summed E-state index contributed by atoms with van der Waals surface area (Å²) >= 11 is 0. The van der Waals surface area contributed by atoms with Gasteiger partial charge in [0, 0.05) is 30.5 Å². The molecule has 1 aromatic rings. The van der Waals surface area contributed by atoms with Gasteiger partial charge in [0.1, 0.15) is 0 Å². The van der Waals surface area contributed by atoms with E-state index < -0.39 is 0 Å². The number of carbonyl (C=O) groups is 2. The highest BCUT2D eigenvalue weighted by atomic mass is 16.5. The number of hydrogen-bond acceptors (Lipinski definition) is 3. The third-order valence-corrected chi connectivity index (χ3v) is 4.67. The van der Waals surface area contributed by atoms with Crippen molar-refractivity contribution in [2.45, 2.75) is 32.6 Å². The second-order valence-electron chi connectivity index (χ2n) is 6.13. The molecule has 0 bridgehead atoms. The summed E-state index contributed by atoms with van der Waals surface area (Å²) in [6.45, 7) is 2.71. The summed E-state index contributed by atoms with van der Waals surface area (Å²) in [5, 5.41) is 13.2. The average molecular weight is 288 g/mol. The van der Waals surface area contributed by atoms with Gasteiger partial charge in [0.05, 0.1) is 0 Å². The molecule has 0 radical (unpaired) electrons. The van der Waals surface area contributed by atoms with E-state index in [1.54, 1.807) is 13.0 Å². The summed E-state index contributed by atoms with van der Waals surface area (Å²) in [7, 11) is 0. The maximum absolute atomic E-state index is 12.0. The van der Waals surface area contributed by atoms with Gasteiger partial charge in [-0.1, -0.05) is 6.07 Å². The zero-order valence-electron chi connectivity index (χ0n) is 12.2. The molecule has 1 aromatic carbocycles. The molecular weight excluding hydrogens is 268 g/mol. The number of hydrogen-bond donors (Lipinski definition) is 2. The Bertz CT molecular complexity index is 599. The molecule has 1 heterocycles. The molecule has 1 aliphatic heterocycles. The molecule has 2 aliphatic rings. The first-order valence-electron chi connectivity index (χ1n) is 7.42. The first-order chi connectivity index (χ1) is 10.0. The fourth-order valence-electron chi connectivity index (χ4n) is 3.41. The minimum Gasteiger partial charge on any atom is -0.356 e. The van der Waals surface area contributed by atoms with Crippen molar-refractivity contribution in [3.8, 4) is 0 Å². The van der Waals surface area contributed by atoms with E-state index in [0.29, 0.717) is 12.0 Å². The first kappa shape index (κ1) is 14.1. The molecule has 2 amide bonds. The van der Waals surface area contributed by atoms with Crippen LogP contribution in [-0.4, -0.2) is 35.2 Å². The summed E-state index contributed by atoms with van der Waals surface area (Å²) in [5.74, 6) is -0.251. The van der Waals surface area contributed by atoms with E-state index in [1.165, 1.54) is 5.56 Å². The summed E-state index contributed by atoms with van der Waals surface area (Å²) < 4.78 is 0. The number of nitrogens with one attached hydrogen (secondary N) is 1. The molecule has 21 heavy (non-hydrogen) atoms. The van der Waals surface area contributed by atoms with Crippen LogP contribution in [0.4, 0.5) is 0 Å². The highest BCUT2D eigenvalue weighted by molar-refractivity contribution is 5.93. The summed E-state index contributed by atoms with van der Waals surface area (Å²) in [4.78, 5) is 23.6. The van der Waals surface area contributed by atoms with E-state index in [1.807, 2.05) is 12.1 Å². The lowest BCUT2D eigenvalue weighted by Crippen LogP contribution is -2.32.